The van der Waals surface area contributed by atoms with Gasteiger partial charge in [0.15, 0.2) is 6.10 Å². The number of esters is 1. The van der Waals surface area contributed by atoms with Crippen LogP contribution in [0.1, 0.15) is 23.9 Å². The highest BCUT2D eigenvalue weighted by Gasteiger charge is 2.22. The molecule has 3 amide bonds. The summed E-state index contributed by atoms with van der Waals surface area (Å²) in [7, 11) is 1.38. The Morgan fingerprint density at radius 2 is 1.96 bits per heavy atom. The number of thioether (sulfide) groups is 1. The molecule has 2 aromatic rings. The number of aromatic nitrogens is 4. The number of fused-ring (bicyclic) bond motifs is 1. The smallest absolute Gasteiger partial charge is 0.321 e. The van der Waals surface area contributed by atoms with Gasteiger partial charge in [0, 0.05) is 24.0 Å². The van der Waals surface area contributed by atoms with Crippen molar-refractivity contribution in [2.45, 2.75) is 38.5 Å². The molecule has 2 heterocycles. The first kappa shape index (κ1) is 19.6. The molecule has 0 aromatic carbocycles. The van der Waals surface area contributed by atoms with E-state index in [4.69, 9.17) is 4.74 Å². The van der Waals surface area contributed by atoms with E-state index in [-0.39, 0.29) is 6.42 Å². The Labute approximate surface area is 154 Å². The van der Waals surface area contributed by atoms with Crippen molar-refractivity contribution in [2.24, 2.45) is 0 Å². The van der Waals surface area contributed by atoms with Crippen LogP contribution < -0.4 is 10.6 Å². The Morgan fingerprint density at radius 3 is 2.58 bits per heavy atom. The van der Waals surface area contributed by atoms with Crippen LogP contribution in [-0.4, -0.2) is 56.9 Å². The molecule has 0 aliphatic carbocycles. The molecule has 26 heavy (non-hydrogen) atoms. The van der Waals surface area contributed by atoms with Crippen molar-refractivity contribution < 1.29 is 19.1 Å². The summed E-state index contributed by atoms with van der Waals surface area (Å²) in [6.07, 6.45) is 0.680. The third-order valence-corrected chi connectivity index (χ3v) is 4.21. The van der Waals surface area contributed by atoms with Crippen LogP contribution in [0.4, 0.5) is 4.79 Å². The van der Waals surface area contributed by atoms with Crippen LogP contribution in [0.25, 0.3) is 5.78 Å². The zero-order valence-corrected chi connectivity index (χ0v) is 15.9. The highest BCUT2D eigenvalue weighted by molar-refractivity contribution is 7.98. The maximum atomic E-state index is 12.2. The summed E-state index contributed by atoms with van der Waals surface area (Å²) in [6.45, 7) is 4.97. The molecule has 2 rings (SSSR count). The SMILES string of the molecule is CNC(=O)NC(=O)C(C)OC(=O)Cc1c(C)nc2nc(SC)nn2c1C. The first-order valence-electron chi connectivity index (χ1n) is 7.75. The molecule has 0 aliphatic rings. The fourth-order valence-corrected chi connectivity index (χ4v) is 2.58. The third-order valence-electron chi connectivity index (χ3n) is 3.67. The van der Waals surface area contributed by atoms with Crippen molar-refractivity contribution in [1.82, 2.24) is 30.2 Å². The zero-order valence-electron chi connectivity index (χ0n) is 15.1. The van der Waals surface area contributed by atoms with E-state index in [1.54, 1.807) is 11.4 Å². The predicted octanol–water partition coefficient (Wildman–Crippen LogP) is 0.393. The third kappa shape index (κ3) is 4.28. The monoisotopic (exact) mass is 380 g/mol. The number of carbonyl (C=O) groups excluding carboxylic acids is 3. The lowest BCUT2D eigenvalue weighted by atomic mass is 10.1. The van der Waals surface area contributed by atoms with Crippen LogP contribution in [0.5, 0.6) is 0 Å². The van der Waals surface area contributed by atoms with Gasteiger partial charge in [-0.05, 0) is 27.0 Å². The standard InChI is InChI=1S/C15H20N6O4S/c1-7-10(8(2)21-13(17-7)19-15(20-21)26-5)6-11(22)25-9(3)12(23)18-14(24)16-4/h9H,6H2,1-5H3,(H2,16,18,23,24). The Bertz CT molecular complexity index is 865. The van der Waals surface area contributed by atoms with Gasteiger partial charge in [0.25, 0.3) is 11.7 Å². The molecule has 2 aromatic heterocycles. The number of carbonyl (C=O) groups is 3. The number of ether oxygens (including phenoxy) is 1. The first-order valence-corrected chi connectivity index (χ1v) is 8.98. The van der Waals surface area contributed by atoms with Crippen LogP contribution in [0.15, 0.2) is 5.16 Å². The van der Waals surface area contributed by atoms with E-state index < -0.39 is 24.0 Å². The number of hydrogen-bond acceptors (Lipinski definition) is 8. The second kappa shape index (κ2) is 8.13. The second-order valence-corrected chi connectivity index (χ2v) is 6.22. The molecule has 0 fully saturated rings. The lowest BCUT2D eigenvalue weighted by molar-refractivity contribution is -0.153. The van der Waals surface area contributed by atoms with Crippen molar-refractivity contribution in [3.63, 3.8) is 0 Å². The normalized spacial score (nSPS) is 11.9. The highest BCUT2D eigenvalue weighted by Crippen LogP contribution is 2.17. The first-order chi connectivity index (χ1) is 12.3. The van der Waals surface area contributed by atoms with Crippen LogP contribution in [0, 0.1) is 13.8 Å². The van der Waals surface area contributed by atoms with Crippen molar-refractivity contribution in [1.29, 1.82) is 0 Å². The zero-order chi connectivity index (χ0) is 19.4. The fourth-order valence-electron chi connectivity index (χ4n) is 2.25. The van der Waals surface area contributed by atoms with Crippen LogP contribution in [-0.2, 0) is 20.7 Å². The molecule has 0 bridgehead atoms. The number of imide groups is 1. The molecule has 0 saturated carbocycles. The topological polar surface area (TPSA) is 128 Å². The Balaban J connectivity index is 2.13. The van der Waals surface area contributed by atoms with Gasteiger partial charge in [0.2, 0.25) is 5.16 Å². The molecule has 0 aliphatic heterocycles. The number of hydrogen-bond donors (Lipinski definition) is 2. The van der Waals surface area contributed by atoms with Crippen molar-refractivity contribution in [3.8, 4) is 0 Å². The fraction of sp³-hybridized carbons (Fsp3) is 0.467. The van der Waals surface area contributed by atoms with Crippen LogP contribution >= 0.6 is 11.8 Å². The van der Waals surface area contributed by atoms with Gasteiger partial charge in [-0.15, -0.1) is 5.10 Å². The quantitative estimate of drug-likeness (QED) is 0.563. The Hall–Kier alpha value is -2.69. The number of aryl methyl sites for hydroxylation is 2. The number of rotatable bonds is 5. The summed E-state index contributed by atoms with van der Waals surface area (Å²) in [6, 6.07) is -0.671. The number of nitrogens with one attached hydrogen (secondary N) is 2. The number of urea groups is 1. The number of amides is 3. The molecule has 10 nitrogen and oxygen atoms in total. The minimum absolute atomic E-state index is 0.0767. The van der Waals surface area contributed by atoms with Gasteiger partial charge < -0.3 is 10.1 Å². The maximum Gasteiger partial charge on any atom is 0.321 e. The lowest BCUT2D eigenvalue weighted by Crippen LogP contribution is -2.43. The van der Waals surface area contributed by atoms with Crippen LogP contribution in [0.2, 0.25) is 0 Å². The molecule has 11 heteroatoms. The Kier molecular flexibility index (Phi) is 6.14. The van der Waals surface area contributed by atoms with Crippen molar-refractivity contribution in [2.75, 3.05) is 13.3 Å². The van der Waals surface area contributed by atoms with Gasteiger partial charge in [-0.2, -0.15) is 4.98 Å². The molecule has 0 radical (unpaired) electrons. The Morgan fingerprint density at radius 1 is 1.27 bits per heavy atom. The summed E-state index contributed by atoms with van der Waals surface area (Å²) >= 11 is 1.40. The summed E-state index contributed by atoms with van der Waals surface area (Å²) in [5, 5.41) is 9.20. The molecule has 1 atom stereocenters. The molecule has 0 spiro atoms. The average molecular weight is 380 g/mol. The molecule has 140 valence electrons. The minimum atomic E-state index is -1.11. The highest BCUT2D eigenvalue weighted by atomic mass is 32.2. The van der Waals surface area contributed by atoms with E-state index in [0.717, 1.165) is 5.69 Å². The average Bonchev–Trinajstić information content (AvgIpc) is 3.01. The van der Waals surface area contributed by atoms with Gasteiger partial charge in [-0.3, -0.25) is 14.9 Å². The molecule has 1 unspecified atom stereocenters. The van der Waals surface area contributed by atoms with E-state index in [1.165, 1.54) is 25.7 Å². The lowest BCUT2D eigenvalue weighted by Gasteiger charge is -2.14. The maximum absolute atomic E-state index is 12.2. The predicted molar refractivity (Wildman–Crippen MR) is 93.9 cm³/mol. The van der Waals surface area contributed by atoms with Crippen molar-refractivity contribution in [3.05, 3.63) is 17.0 Å². The van der Waals surface area contributed by atoms with Crippen LogP contribution in [0.3, 0.4) is 0 Å². The second-order valence-electron chi connectivity index (χ2n) is 5.45. The summed E-state index contributed by atoms with van der Waals surface area (Å²) in [4.78, 5) is 43.7. The molecular formula is C15H20N6O4S. The molecule has 0 saturated heterocycles. The molecule has 2 N–H and O–H groups in total. The summed E-state index contributed by atoms with van der Waals surface area (Å²) in [5.41, 5.74) is 2.01. The van der Waals surface area contributed by atoms with E-state index in [2.05, 4.69) is 25.7 Å². The van der Waals surface area contributed by atoms with Gasteiger partial charge in [0.05, 0.1) is 6.42 Å². The molecular weight excluding hydrogens is 360 g/mol. The van der Waals surface area contributed by atoms with E-state index >= 15 is 0 Å². The van der Waals surface area contributed by atoms with Gasteiger partial charge in [-0.1, -0.05) is 11.8 Å². The minimum Gasteiger partial charge on any atom is -0.452 e. The van der Waals surface area contributed by atoms with Gasteiger partial charge >= 0.3 is 12.0 Å². The number of nitrogens with zero attached hydrogens (tertiary/aromatic N) is 4. The van der Waals surface area contributed by atoms with Crippen molar-refractivity contribution >= 4 is 35.4 Å². The van der Waals surface area contributed by atoms with E-state index in [1.807, 2.05) is 13.2 Å². The van der Waals surface area contributed by atoms with Gasteiger partial charge in [0.1, 0.15) is 0 Å². The largest absolute Gasteiger partial charge is 0.452 e. The van der Waals surface area contributed by atoms with E-state index in [9.17, 15) is 14.4 Å². The van der Waals surface area contributed by atoms with E-state index in [0.29, 0.717) is 22.2 Å². The summed E-state index contributed by atoms with van der Waals surface area (Å²) < 4.78 is 6.67. The van der Waals surface area contributed by atoms with Gasteiger partial charge in [-0.25, -0.2) is 14.3 Å². The summed E-state index contributed by atoms with van der Waals surface area (Å²) in [5.74, 6) is -0.859.